The number of halogens is 3. The van der Waals surface area contributed by atoms with Crippen molar-refractivity contribution in [1.82, 2.24) is 0 Å². The van der Waals surface area contributed by atoms with Crippen LogP contribution in [0.25, 0.3) is 22.3 Å². The first kappa shape index (κ1) is 24.4. The number of aliphatic hydroxyl groups excluding tert-OH is 1. The average molecular weight is 479 g/mol. The molecule has 0 amide bonds. The molecule has 0 fully saturated rings. The predicted molar refractivity (Wildman–Crippen MR) is 130 cm³/mol. The zero-order valence-electron chi connectivity index (χ0n) is 19.4. The van der Waals surface area contributed by atoms with Crippen LogP contribution in [0.4, 0.5) is 13.2 Å². The zero-order valence-corrected chi connectivity index (χ0v) is 19.4. The van der Waals surface area contributed by atoms with Crippen LogP contribution in [0.5, 0.6) is 11.5 Å². The summed E-state index contributed by atoms with van der Waals surface area (Å²) in [6, 6.07) is 21.0. The lowest BCUT2D eigenvalue weighted by molar-refractivity contribution is 0.199. The minimum Gasteiger partial charge on any atom is -0.494 e. The molecule has 1 N–H and O–H groups in total. The third-order valence-corrected chi connectivity index (χ3v) is 5.68. The van der Waals surface area contributed by atoms with Crippen LogP contribution in [0.15, 0.2) is 78.9 Å². The number of aliphatic hydroxyl groups is 1. The molecule has 0 aromatic heterocycles. The van der Waals surface area contributed by atoms with Gasteiger partial charge in [-0.2, -0.15) is 0 Å². The van der Waals surface area contributed by atoms with Crippen molar-refractivity contribution in [3.8, 4) is 33.8 Å². The summed E-state index contributed by atoms with van der Waals surface area (Å²) in [5.41, 5.74) is 2.48. The topological polar surface area (TPSA) is 38.7 Å². The maximum Gasteiger partial charge on any atom is 0.167 e. The third-order valence-electron chi connectivity index (χ3n) is 5.68. The second kappa shape index (κ2) is 10.7. The number of rotatable bonds is 8. The Morgan fingerprint density at radius 2 is 1.31 bits per heavy atom. The average Bonchev–Trinajstić information content (AvgIpc) is 2.86. The van der Waals surface area contributed by atoms with E-state index in [1.807, 2.05) is 6.92 Å². The highest BCUT2D eigenvalue weighted by Gasteiger charge is 2.16. The van der Waals surface area contributed by atoms with Gasteiger partial charge in [-0.25, -0.2) is 13.2 Å². The molecule has 0 saturated heterocycles. The van der Waals surface area contributed by atoms with Crippen LogP contribution in [0.2, 0.25) is 0 Å². The van der Waals surface area contributed by atoms with E-state index in [4.69, 9.17) is 9.47 Å². The van der Waals surface area contributed by atoms with E-state index in [1.165, 1.54) is 18.2 Å². The van der Waals surface area contributed by atoms with Crippen molar-refractivity contribution in [1.29, 1.82) is 0 Å². The van der Waals surface area contributed by atoms with Gasteiger partial charge in [0, 0.05) is 22.8 Å². The fraction of sp³-hybridized carbons (Fsp3) is 0.172. The second-order valence-corrected chi connectivity index (χ2v) is 8.09. The highest BCUT2D eigenvalue weighted by Crippen LogP contribution is 2.30. The maximum atomic E-state index is 14.8. The molecule has 0 bridgehead atoms. The SMILES string of the molecule is CCOc1ccc(-c2ccc(OCc3ccc(-c4ccc(C(C)O)cc4)c(F)c3F)cc2)c(F)c1. The monoisotopic (exact) mass is 478 g/mol. The molecule has 4 rings (SSSR count). The molecule has 1 unspecified atom stereocenters. The molecule has 0 radical (unpaired) electrons. The van der Waals surface area contributed by atoms with Gasteiger partial charge < -0.3 is 14.6 Å². The summed E-state index contributed by atoms with van der Waals surface area (Å²) >= 11 is 0. The maximum absolute atomic E-state index is 14.8. The van der Waals surface area contributed by atoms with Gasteiger partial charge in [-0.3, -0.25) is 0 Å². The first-order valence-electron chi connectivity index (χ1n) is 11.3. The van der Waals surface area contributed by atoms with Crippen LogP contribution in [0.3, 0.4) is 0 Å². The fourth-order valence-electron chi connectivity index (χ4n) is 3.74. The van der Waals surface area contributed by atoms with E-state index < -0.39 is 23.6 Å². The first-order valence-corrected chi connectivity index (χ1v) is 11.3. The van der Waals surface area contributed by atoms with Crippen molar-refractivity contribution < 1.29 is 27.8 Å². The molecule has 0 aliphatic carbocycles. The van der Waals surface area contributed by atoms with Crippen molar-refractivity contribution in [2.24, 2.45) is 0 Å². The minimum atomic E-state index is -0.977. The Labute approximate surface area is 202 Å². The van der Waals surface area contributed by atoms with Crippen LogP contribution < -0.4 is 9.47 Å². The van der Waals surface area contributed by atoms with Crippen LogP contribution in [-0.2, 0) is 6.61 Å². The summed E-state index contributed by atoms with van der Waals surface area (Å²) in [6.45, 7) is 3.75. The zero-order chi connectivity index (χ0) is 24.9. The van der Waals surface area contributed by atoms with E-state index in [-0.39, 0.29) is 17.7 Å². The molecule has 35 heavy (non-hydrogen) atoms. The smallest absolute Gasteiger partial charge is 0.167 e. The van der Waals surface area contributed by atoms with Crippen LogP contribution in [0, 0.1) is 17.5 Å². The molecule has 0 aliphatic heterocycles. The van der Waals surface area contributed by atoms with Crippen LogP contribution in [-0.4, -0.2) is 11.7 Å². The van der Waals surface area contributed by atoms with Gasteiger partial charge in [0.2, 0.25) is 0 Å². The molecule has 0 heterocycles. The molecule has 180 valence electrons. The molecule has 1 atom stereocenters. The molecule has 4 aromatic carbocycles. The quantitative estimate of drug-likeness (QED) is 0.286. The van der Waals surface area contributed by atoms with E-state index in [1.54, 1.807) is 67.6 Å². The van der Waals surface area contributed by atoms with Gasteiger partial charge in [0.25, 0.3) is 0 Å². The van der Waals surface area contributed by atoms with E-state index in [0.717, 1.165) is 0 Å². The van der Waals surface area contributed by atoms with Gasteiger partial charge >= 0.3 is 0 Å². The van der Waals surface area contributed by atoms with E-state index in [9.17, 15) is 18.3 Å². The van der Waals surface area contributed by atoms with Gasteiger partial charge in [0.15, 0.2) is 11.6 Å². The van der Waals surface area contributed by atoms with E-state index in [2.05, 4.69) is 0 Å². The van der Waals surface area contributed by atoms with Crippen LogP contribution >= 0.6 is 0 Å². The lowest BCUT2D eigenvalue weighted by Crippen LogP contribution is -2.02. The largest absolute Gasteiger partial charge is 0.494 e. The van der Waals surface area contributed by atoms with Gasteiger partial charge in [-0.1, -0.05) is 48.5 Å². The summed E-state index contributed by atoms with van der Waals surface area (Å²) in [4.78, 5) is 0. The Morgan fingerprint density at radius 3 is 1.94 bits per heavy atom. The van der Waals surface area contributed by atoms with Crippen molar-refractivity contribution in [2.45, 2.75) is 26.6 Å². The molecule has 0 aliphatic rings. The Hall–Kier alpha value is -3.77. The number of ether oxygens (including phenoxy) is 2. The fourth-order valence-corrected chi connectivity index (χ4v) is 3.74. The highest BCUT2D eigenvalue weighted by molar-refractivity contribution is 5.66. The summed E-state index contributed by atoms with van der Waals surface area (Å²) in [6.07, 6.45) is -0.640. The lowest BCUT2D eigenvalue weighted by Gasteiger charge is -2.12. The summed E-state index contributed by atoms with van der Waals surface area (Å²) in [5.74, 6) is -1.43. The number of hydrogen-bond acceptors (Lipinski definition) is 3. The normalized spacial score (nSPS) is 11.8. The molecular formula is C29H25F3O3. The van der Waals surface area contributed by atoms with Crippen molar-refractivity contribution in [3.05, 3.63) is 107 Å². The summed E-state index contributed by atoms with van der Waals surface area (Å²) in [7, 11) is 0. The van der Waals surface area contributed by atoms with Crippen molar-refractivity contribution >= 4 is 0 Å². The lowest BCUT2D eigenvalue weighted by atomic mass is 10.00. The molecule has 4 aromatic rings. The van der Waals surface area contributed by atoms with E-state index in [0.29, 0.717) is 40.4 Å². The minimum absolute atomic E-state index is 0.0773. The summed E-state index contributed by atoms with van der Waals surface area (Å²) in [5, 5.41) is 9.62. The molecule has 0 spiro atoms. The van der Waals surface area contributed by atoms with Crippen molar-refractivity contribution in [2.75, 3.05) is 6.61 Å². The van der Waals surface area contributed by atoms with Gasteiger partial charge in [0.1, 0.15) is 23.9 Å². The third kappa shape index (κ3) is 5.49. The van der Waals surface area contributed by atoms with Gasteiger partial charge in [-0.15, -0.1) is 0 Å². The first-order chi connectivity index (χ1) is 16.9. The number of benzene rings is 4. The highest BCUT2D eigenvalue weighted by atomic mass is 19.2. The summed E-state index contributed by atoms with van der Waals surface area (Å²) < 4.78 is 54.9. The second-order valence-electron chi connectivity index (χ2n) is 8.09. The Morgan fingerprint density at radius 1 is 0.714 bits per heavy atom. The van der Waals surface area contributed by atoms with Crippen LogP contribution in [0.1, 0.15) is 31.1 Å². The van der Waals surface area contributed by atoms with E-state index >= 15 is 0 Å². The molecular weight excluding hydrogens is 453 g/mol. The molecule has 6 heteroatoms. The standard InChI is InChI=1S/C29H25F3O3/c1-3-34-24-13-15-25(27(30)16-24)20-8-11-23(12-9-20)35-17-22-10-14-26(29(32)28(22)31)21-6-4-19(5-7-21)18(2)33/h4-16,18,33H,3,17H2,1-2H3. The molecule has 3 nitrogen and oxygen atoms in total. The predicted octanol–water partition coefficient (Wildman–Crippen LogP) is 7.47. The Kier molecular flexibility index (Phi) is 7.42. The van der Waals surface area contributed by atoms with Crippen molar-refractivity contribution in [3.63, 3.8) is 0 Å². The van der Waals surface area contributed by atoms with Gasteiger partial charge in [0.05, 0.1) is 12.7 Å². The van der Waals surface area contributed by atoms with Gasteiger partial charge in [-0.05, 0) is 54.8 Å². The Balaban J connectivity index is 1.45. The number of hydrogen-bond donors (Lipinski definition) is 1. The molecule has 0 saturated carbocycles. The Bertz CT molecular complexity index is 1300.